The number of nitrogens with zero attached hydrogens (tertiary/aromatic N) is 1. The van der Waals surface area contributed by atoms with Crippen molar-refractivity contribution in [2.24, 2.45) is 0 Å². The van der Waals surface area contributed by atoms with Crippen molar-refractivity contribution in [3.05, 3.63) is 52.5 Å². The summed E-state index contributed by atoms with van der Waals surface area (Å²) in [6.07, 6.45) is 0.795. The van der Waals surface area contributed by atoms with Crippen LogP contribution in [0.15, 0.2) is 46.9 Å². The second-order valence-electron chi connectivity index (χ2n) is 7.03. The Morgan fingerprint density at radius 2 is 1.83 bits per heavy atom. The molecule has 2 aliphatic rings. The average molecular weight is 461 g/mol. The number of urea groups is 1. The number of rotatable bonds is 5. The van der Waals surface area contributed by atoms with E-state index >= 15 is 0 Å². The zero-order valence-corrected chi connectivity index (χ0v) is 17.5. The molecule has 1 fully saturated rings. The molecular formula is C21H21BrN2O5. The van der Waals surface area contributed by atoms with Gasteiger partial charge in [0.2, 0.25) is 0 Å². The highest BCUT2D eigenvalue weighted by molar-refractivity contribution is 9.10. The van der Waals surface area contributed by atoms with Gasteiger partial charge in [0.05, 0.1) is 19.8 Å². The fourth-order valence-electron chi connectivity index (χ4n) is 3.36. The quantitative estimate of drug-likeness (QED) is 0.691. The van der Waals surface area contributed by atoms with Crippen molar-refractivity contribution in [2.75, 3.05) is 26.4 Å². The lowest BCUT2D eigenvalue weighted by atomic mass is 9.91. The Morgan fingerprint density at radius 1 is 1.10 bits per heavy atom. The highest BCUT2D eigenvalue weighted by atomic mass is 79.9. The topological polar surface area (TPSA) is 77.1 Å². The molecule has 1 N–H and O–H groups in total. The van der Waals surface area contributed by atoms with Crippen LogP contribution >= 0.6 is 15.9 Å². The summed E-state index contributed by atoms with van der Waals surface area (Å²) in [6.45, 7) is 3.19. The number of imide groups is 1. The fourth-order valence-corrected chi connectivity index (χ4v) is 3.62. The lowest BCUT2D eigenvalue weighted by molar-refractivity contribution is -0.131. The number of fused-ring (bicyclic) bond motifs is 1. The van der Waals surface area contributed by atoms with Crippen LogP contribution in [0.4, 0.5) is 4.79 Å². The molecule has 3 amide bonds. The van der Waals surface area contributed by atoms with Crippen LogP contribution in [-0.4, -0.2) is 43.2 Å². The van der Waals surface area contributed by atoms with Crippen LogP contribution in [0.25, 0.3) is 0 Å². The number of amides is 3. The van der Waals surface area contributed by atoms with Gasteiger partial charge in [-0.05, 0) is 48.9 Å². The Morgan fingerprint density at radius 3 is 2.59 bits per heavy atom. The van der Waals surface area contributed by atoms with Crippen LogP contribution < -0.4 is 19.5 Å². The summed E-state index contributed by atoms with van der Waals surface area (Å²) in [4.78, 5) is 26.7. The van der Waals surface area contributed by atoms with Gasteiger partial charge in [0.25, 0.3) is 5.91 Å². The summed E-state index contributed by atoms with van der Waals surface area (Å²) in [5, 5.41) is 2.80. The van der Waals surface area contributed by atoms with Gasteiger partial charge in [0.1, 0.15) is 17.9 Å². The number of benzene rings is 2. The van der Waals surface area contributed by atoms with Gasteiger partial charge in [-0.3, -0.25) is 9.69 Å². The third-order valence-electron chi connectivity index (χ3n) is 5.00. The number of hydrogen-bond acceptors (Lipinski definition) is 5. The van der Waals surface area contributed by atoms with E-state index < -0.39 is 11.6 Å². The molecule has 2 aromatic carbocycles. The zero-order valence-electron chi connectivity index (χ0n) is 15.9. The summed E-state index contributed by atoms with van der Waals surface area (Å²) >= 11 is 3.37. The van der Waals surface area contributed by atoms with E-state index in [4.69, 9.17) is 14.2 Å². The van der Waals surface area contributed by atoms with E-state index in [-0.39, 0.29) is 19.1 Å². The number of carbonyl (C=O) groups excluding carboxylic acids is 2. The third kappa shape index (κ3) is 3.89. The van der Waals surface area contributed by atoms with Crippen molar-refractivity contribution in [1.82, 2.24) is 10.2 Å². The van der Waals surface area contributed by atoms with E-state index in [1.165, 1.54) is 4.90 Å². The number of hydrogen-bond donors (Lipinski definition) is 1. The molecule has 2 heterocycles. The summed E-state index contributed by atoms with van der Waals surface area (Å²) in [6, 6.07) is 12.3. The molecule has 7 nitrogen and oxygen atoms in total. The maximum absolute atomic E-state index is 13.1. The van der Waals surface area contributed by atoms with Gasteiger partial charge in [-0.15, -0.1) is 0 Å². The largest absolute Gasteiger partial charge is 0.492 e. The Balaban J connectivity index is 1.46. The average Bonchev–Trinajstić information content (AvgIpc) is 2.87. The lowest BCUT2D eigenvalue weighted by Gasteiger charge is -2.23. The molecular weight excluding hydrogens is 440 g/mol. The molecule has 2 aromatic rings. The molecule has 0 radical (unpaired) electrons. The molecule has 4 rings (SSSR count). The van der Waals surface area contributed by atoms with Crippen LogP contribution in [0, 0.1) is 0 Å². The summed E-state index contributed by atoms with van der Waals surface area (Å²) in [7, 11) is 0. The molecule has 0 aliphatic carbocycles. The minimum atomic E-state index is -1.17. The van der Waals surface area contributed by atoms with Crippen LogP contribution in [0.5, 0.6) is 17.2 Å². The maximum atomic E-state index is 13.1. The molecule has 0 saturated carbocycles. The smallest absolute Gasteiger partial charge is 0.325 e. The first-order chi connectivity index (χ1) is 14.0. The third-order valence-corrected chi connectivity index (χ3v) is 5.53. The van der Waals surface area contributed by atoms with Crippen molar-refractivity contribution in [2.45, 2.75) is 18.9 Å². The Hall–Kier alpha value is -2.74. The second kappa shape index (κ2) is 7.94. The van der Waals surface area contributed by atoms with Gasteiger partial charge in [-0.1, -0.05) is 22.0 Å². The Bertz CT molecular complexity index is 933. The van der Waals surface area contributed by atoms with Crippen LogP contribution in [0.2, 0.25) is 0 Å². The molecule has 1 atom stereocenters. The van der Waals surface area contributed by atoms with Gasteiger partial charge in [-0.2, -0.15) is 0 Å². The van der Waals surface area contributed by atoms with Crippen molar-refractivity contribution in [3.8, 4) is 17.2 Å². The summed E-state index contributed by atoms with van der Waals surface area (Å²) < 4.78 is 18.0. The molecule has 0 aromatic heterocycles. The lowest BCUT2D eigenvalue weighted by Crippen LogP contribution is -2.41. The van der Waals surface area contributed by atoms with Gasteiger partial charge in [-0.25, -0.2) is 4.79 Å². The van der Waals surface area contributed by atoms with Crippen molar-refractivity contribution < 1.29 is 23.8 Å². The predicted octanol–water partition coefficient (Wildman–Crippen LogP) is 3.46. The highest BCUT2D eigenvalue weighted by Crippen LogP contribution is 2.36. The maximum Gasteiger partial charge on any atom is 0.325 e. The van der Waals surface area contributed by atoms with Crippen LogP contribution in [-0.2, 0) is 10.3 Å². The number of halogens is 1. The van der Waals surface area contributed by atoms with E-state index in [1.807, 2.05) is 24.3 Å². The van der Waals surface area contributed by atoms with Gasteiger partial charge in [0, 0.05) is 10.9 Å². The van der Waals surface area contributed by atoms with Crippen LogP contribution in [0.3, 0.4) is 0 Å². The molecule has 8 heteroatoms. The molecule has 0 unspecified atom stereocenters. The van der Waals surface area contributed by atoms with Crippen molar-refractivity contribution in [1.29, 1.82) is 0 Å². The van der Waals surface area contributed by atoms with Gasteiger partial charge >= 0.3 is 6.03 Å². The molecule has 1 saturated heterocycles. The molecule has 0 bridgehead atoms. The number of carbonyl (C=O) groups is 2. The van der Waals surface area contributed by atoms with Gasteiger partial charge < -0.3 is 19.5 Å². The highest BCUT2D eigenvalue weighted by Gasteiger charge is 2.49. The van der Waals surface area contributed by atoms with E-state index in [0.717, 1.165) is 10.9 Å². The molecule has 0 spiro atoms. The fraction of sp³-hybridized carbons (Fsp3) is 0.333. The summed E-state index contributed by atoms with van der Waals surface area (Å²) in [5.74, 6) is 1.58. The monoisotopic (exact) mass is 460 g/mol. The van der Waals surface area contributed by atoms with E-state index in [2.05, 4.69) is 21.2 Å². The predicted molar refractivity (Wildman–Crippen MR) is 109 cm³/mol. The Kier molecular flexibility index (Phi) is 5.36. The number of nitrogens with one attached hydrogen (secondary N) is 1. The molecule has 29 heavy (non-hydrogen) atoms. The van der Waals surface area contributed by atoms with E-state index in [9.17, 15) is 9.59 Å². The SMILES string of the molecule is C[C@]1(c2ccc3c(c2)OCCCO3)NC(=O)N(CCOc2ccc(Br)cc2)C1=O. The Labute approximate surface area is 177 Å². The standard InChI is InChI=1S/C21H21BrN2O5/c1-21(14-3-8-17-18(13-14)29-11-2-10-28-17)19(25)24(20(26)23-21)9-12-27-16-6-4-15(22)5-7-16/h3-8,13H,2,9-12H2,1H3,(H,23,26)/t21-/m1/s1. The summed E-state index contributed by atoms with van der Waals surface area (Å²) in [5.41, 5.74) is -0.518. The second-order valence-corrected chi connectivity index (χ2v) is 7.94. The van der Waals surface area contributed by atoms with E-state index in [0.29, 0.717) is 36.0 Å². The normalized spacial score (nSPS) is 21.0. The minimum Gasteiger partial charge on any atom is -0.492 e. The zero-order chi connectivity index (χ0) is 20.4. The molecule has 2 aliphatic heterocycles. The first kappa shape index (κ1) is 19.6. The van der Waals surface area contributed by atoms with Crippen LogP contribution in [0.1, 0.15) is 18.9 Å². The minimum absolute atomic E-state index is 0.154. The first-order valence-corrected chi connectivity index (χ1v) is 10.2. The van der Waals surface area contributed by atoms with E-state index in [1.54, 1.807) is 25.1 Å². The first-order valence-electron chi connectivity index (χ1n) is 9.40. The van der Waals surface area contributed by atoms with Crippen molar-refractivity contribution in [3.63, 3.8) is 0 Å². The van der Waals surface area contributed by atoms with Crippen molar-refractivity contribution >= 4 is 27.9 Å². The number of ether oxygens (including phenoxy) is 3. The van der Waals surface area contributed by atoms with Gasteiger partial charge in [0.15, 0.2) is 11.5 Å². The molecule has 152 valence electrons.